The van der Waals surface area contributed by atoms with Crippen molar-refractivity contribution in [1.82, 2.24) is 5.32 Å². The number of nitrogens with one attached hydrogen (secondary N) is 1. The molecular weight excluding hydrogens is 338 g/mol. The number of hydrogen-bond acceptors (Lipinski definition) is 3. The molecule has 2 atom stereocenters. The number of hydrogen-bond donors (Lipinski definition) is 1. The maximum Gasteiger partial charge on any atom is 0.225 e. The summed E-state index contributed by atoms with van der Waals surface area (Å²) in [6, 6.07) is 17.8. The highest BCUT2D eigenvalue weighted by atomic mass is 16.5. The van der Waals surface area contributed by atoms with Gasteiger partial charge in [0.15, 0.2) is 5.78 Å². The number of ether oxygens (including phenoxy) is 1. The van der Waals surface area contributed by atoms with Gasteiger partial charge in [-0.1, -0.05) is 42.5 Å². The topological polar surface area (TPSA) is 55.4 Å². The zero-order valence-corrected chi connectivity index (χ0v) is 15.4. The van der Waals surface area contributed by atoms with Crippen LogP contribution in [-0.2, 0) is 9.59 Å². The molecule has 1 aliphatic heterocycles. The first-order valence-corrected chi connectivity index (χ1v) is 9.49. The van der Waals surface area contributed by atoms with Crippen LogP contribution in [0.1, 0.15) is 49.1 Å². The van der Waals surface area contributed by atoms with Crippen molar-refractivity contribution in [2.75, 3.05) is 6.61 Å². The lowest BCUT2D eigenvalue weighted by Gasteiger charge is -2.34. The molecule has 1 N–H and O–H groups in total. The zero-order valence-electron chi connectivity index (χ0n) is 15.4. The van der Waals surface area contributed by atoms with Gasteiger partial charge in [0.1, 0.15) is 5.75 Å². The fourth-order valence-electron chi connectivity index (χ4n) is 4.17. The number of carbonyl (C=O) groups is 2. The monoisotopic (exact) mass is 361 g/mol. The first-order valence-electron chi connectivity index (χ1n) is 9.49. The number of benzene rings is 2. The molecule has 2 unspecified atom stereocenters. The van der Waals surface area contributed by atoms with Crippen LogP contribution < -0.4 is 10.1 Å². The van der Waals surface area contributed by atoms with Gasteiger partial charge in [-0.25, -0.2) is 0 Å². The molecular formula is C23H23NO3. The first-order chi connectivity index (χ1) is 13.2. The number of Topliss-reactive ketones (excluding diaryl/α,β-unsaturated/α-hetero) is 1. The summed E-state index contributed by atoms with van der Waals surface area (Å²) in [5.74, 6) is 0.913. The molecule has 138 valence electrons. The fraction of sp³-hybridized carbons (Fsp3) is 0.304. The van der Waals surface area contributed by atoms with E-state index in [9.17, 15) is 9.59 Å². The average molecular weight is 361 g/mol. The number of allylic oxidation sites excluding steroid dienone is 2. The molecule has 0 spiro atoms. The van der Waals surface area contributed by atoms with Crippen LogP contribution in [0.2, 0.25) is 0 Å². The quantitative estimate of drug-likeness (QED) is 0.892. The fourth-order valence-corrected chi connectivity index (χ4v) is 4.17. The largest absolute Gasteiger partial charge is 0.494 e. The van der Waals surface area contributed by atoms with Crippen LogP contribution in [0.5, 0.6) is 5.75 Å². The van der Waals surface area contributed by atoms with Gasteiger partial charge in [-0.2, -0.15) is 0 Å². The van der Waals surface area contributed by atoms with Crippen molar-refractivity contribution in [3.05, 3.63) is 77.0 Å². The third kappa shape index (κ3) is 3.52. The molecule has 4 nitrogen and oxygen atoms in total. The summed E-state index contributed by atoms with van der Waals surface area (Å²) in [7, 11) is 0. The van der Waals surface area contributed by atoms with E-state index in [-0.39, 0.29) is 23.5 Å². The Morgan fingerprint density at radius 2 is 1.67 bits per heavy atom. The molecule has 2 aromatic carbocycles. The summed E-state index contributed by atoms with van der Waals surface area (Å²) in [5.41, 5.74) is 3.74. The van der Waals surface area contributed by atoms with E-state index in [1.807, 2.05) is 61.5 Å². The molecule has 0 bridgehead atoms. The minimum absolute atomic E-state index is 0.0113. The molecule has 4 rings (SSSR count). The Balaban J connectivity index is 1.64. The molecule has 27 heavy (non-hydrogen) atoms. The first kappa shape index (κ1) is 17.5. The Kier molecular flexibility index (Phi) is 4.80. The highest BCUT2D eigenvalue weighted by molar-refractivity contribution is 6.02. The molecule has 2 aliphatic rings. The van der Waals surface area contributed by atoms with Gasteiger partial charge in [-0.15, -0.1) is 0 Å². The van der Waals surface area contributed by atoms with Crippen LogP contribution in [0.15, 0.2) is 65.9 Å². The van der Waals surface area contributed by atoms with Crippen LogP contribution in [0.4, 0.5) is 0 Å². The highest BCUT2D eigenvalue weighted by Gasteiger charge is 2.38. The molecule has 1 heterocycles. The van der Waals surface area contributed by atoms with Crippen LogP contribution >= 0.6 is 0 Å². The molecule has 1 aliphatic carbocycles. The second-order valence-corrected chi connectivity index (χ2v) is 7.14. The van der Waals surface area contributed by atoms with E-state index in [1.54, 1.807) is 0 Å². The normalized spacial score (nSPS) is 22.3. The Bertz CT molecular complexity index is 884. The Morgan fingerprint density at radius 1 is 0.926 bits per heavy atom. The maximum atomic E-state index is 13.0. The molecule has 0 radical (unpaired) electrons. The number of ketones is 1. The average Bonchev–Trinajstić information content (AvgIpc) is 2.68. The van der Waals surface area contributed by atoms with E-state index in [0.717, 1.165) is 28.1 Å². The molecule has 4 heteroatoms. The molecule has 2 aromatic rings. The SMILES string of the molecule is CCOc1ccc(C2CC(=O)C3=C(C2)NC(=O)CC3c2ccccc2)cc1. The smallest absolute Gasteiger partial charge is 0.225 e. The Hall–Kier alpha value is -2.88. The van der Waals surface area contributed by atoms with E-state index in [0.29, 0.717) is 25.9 Å². The van der Waals surface area contributed by atoms with E-state index in [2.05, 4.69) is 5.32 Å². The van der Waals surface area contributed by atoms with E-state index >= 15 is 0 Å². The number of amides is 1. The molecule has 0 aromatic heterocycles. The van der Waals surface area contributed by atoms with Gasteiger partial charge < -0.3 is 10.1 Å². The van der Waals surface area contributed by atoms with Gasteiger partial charge in [0, 0.05) is 30.0 Å². The predicted octanol–water partition coefficient (Wildman–Crippen LogP) is 4.09. The Labute approximate surface area is 159 Å². The zero-order chi connectivity index (χ0) is 18.8. The number of rotatable bonds is 4. The van der Waals surface area contributed by atoms with E-state index in [4.69, 9.17) is 4.74 Å². The van der Waals surface area contributed by atoms with Crippen molar-refractivity contribution < 1.29 is 14.3 Å². The van der Waals surface area contributed by atoms with Gasteiger partial charge in [-0.3, -0.25) is 9.59 Å². The second kappa shape index (κ2) is 7.39. The molecule has 0 fully saturated rings. The summed E-state index contributed by atoms with van der Waals surface area (Å²) >= 11 is 0. The lowest BCUT2D eigenvalue weighted by atomic mass is 9.73. The summed E-state index contributed by atoms with van der Waals surface area (Å²) < 4.78 is 5.50. The van der Waals surface area contributed by atoms with Crippen LogP contribution in [0, 0.1) is 0 Å². The van der Waals surface area contributed by atoms with Crippen LogP contribution in [0.25, 0.3) is 0 Å². The minimum Gasteiger partial charge on any atom is -0.494 e. The van der Waals surface area contributed by atoms with E-state index < -0.39 is 0 Å². The highest BCUT2D eigenvalue weighted by Crippen LogP contribution is 2.42. The summed E-state index contributed by atoms with van der Waals surface area (Å²) in [6.45, 7) is 2.58. The molecule has 0 saturated carbocycles. The third-order valence-electron chi connectivity index (χ3n) is 5.40. The van der Waals surface area contributed by atoms with Gasteiger partial charge in [0.05, 0.1) is 6.61 Å². The lowest BCUT2D eigenvalue weighted by Crippen LogP contribution is -2.38. The lowest BCUT2D eigenvalue weighted by molar-refractivity contribution is -0.122. The predicted molar refractivity (Wildman–Crippen MR) is 104 cm³/mol. The van der Waals surface area contributed by atoms with Gasteiger partial charge >= 0.3 is 0 Å². The maximum absolute atomic E-state index is 13.0. The van der Waals surface area contributed by atoms with Crippen molar-refractivity contribution >= 4 is 11.7 Å². The summed E-state index contributed by atoms with van der Waals surface area (Å²) in [6.07, 6.45) is 1.50. The second-order valence-electron chi connectivity index (χ2n) is 7.14. The summed E-state index contributed by atoms with van der Waals surface area (Å²) in [4.78, 5) is 25.3. The standard InChI is InChI=1S/C23H23NO3/c1-2-27-18-10-8-15(9-11-18)17-12-20-23(21(25)13-17)19(14-22(26)24-20)16-6-4-3-5-7-16/h3-11,17,19H,2,12-14H2,1H3,(H,24,26). The van der Waals surface area contributed by atoms with Gasteiger partial charge in [-0.05, 0) is 42.5 Å². The number of carbonyl (C=O) groups excluding carboxylic acids is 2. The van der Waals surface area contributed by atoms with Crippen molar-refractivity contribution in [2.45, 2.75) is 38.0 Å². The van der Waals surface area contributed by atoms with Crippen molar-refractivity contribution in [3.63, 3.8) is 0 Å². The van der Waals surface area contributed by atoms with Crippen LogP contribution in [-0.4, -0.2) is 18.3 Å². The molecule has 0 saturated heterocycles. The third-order valence-corrected chi connectivity index (χ3v) is 5.40. The van der Waals surface area contributed by atoms with E-state index in [1.165, 1.54) is 0 Å². The van der Waals surface area contributed by atoms with Crippen molar-refractivity contribution in [1.29, 1.82) is 0 Å². The Morgan fingerprint density at radius 3 is 2.37 bits per heavy atom. The van der Waals surface area contributed by atoms with Gasteiger partial charge in [0.25, 0.3) is 0 Å². The minimum atomic E-state index is -0.135. The summed E-state index contributed by atoms with van der Waals surface area (Å²) in [5, 5.41) is 2.98. The van der Waals surface area contributed by atoms with Crippen molar-refractivity contribution in [3.8, 4) is 5.75 Å². The van der Waals surface area contributed by atoms with Crippen LogP contribution in [0.3, 0.4) is 0 Å². The van der Waals surface area contributed by atoms with Crippen molar-refractivity contribution in [2.24, 2.45) is 0 Å². The molecule has 1 amide bonds. The van der Waals surface area contributed by atoms with Gasteiger partial charge in [0.2, 0.25) is 5.91 Å².